The molecule has 20 heavy (non-hydrogen) atoms. The summed E-state index contributed by atoms with van der Waals surface area (Å²) < 4.78 is 13.4. The van der Waals surface area contributed by atoms with Crippen molar-refractivity contribution in [3.05, 3.63) is 60.2 Å². The summed E-state index contributed by atoms with van der Waals surface area (Å²) in [7, 11) is 0. The molecule has 0 aliphatic rings. The Hall–Kier alpha value is -1.88. The zero-order valence-corrected chi connectivity index (χ0v) is 11.9. The summed E-state index contributed by atoms with van der Waals surface area (Å²) in [5.41, 5.74) is 0.488. The van der Waals surface area contributed by atoms with Gasteiger partial charge in [-0.15, -0.1) is 11.8 Å². The topological polar surface area (TPSA) is 42.0 Å². The Labute approximate surface area is 121 Å². The van der Waals surface area contributed by atoms with E-state index in [2.05, 4.69) is 10.3 Å². The third kappa shape index (κ3) is 4.06. The van der Waals surface area contributed by atoms with Crippen molar-refractivity contribution in [2.45, 2.75) is 23.6 Å². The highest BCUT2D eigenvalue weighted by molar-refractivity contribution is 8.00. The fourth-order valence-electron chi connectivity index (χ4n) is 1.64. The van der Waals surface area contributed by atoms with E-state index in [9.17, 15) is 9.18 Å². The first-order valence-corrected chi connectivity index (χ1v) is 7.12. The third-order valence-corrected chi connectivity index (χ3v) is 3.85. The molecule has 1 heterocycles. The molecule has 1 atom stereocenters. The van der Waals surface area contributed by atoms with Crippen LogP contribution in [0.5, 0.6) is 0 Å². The molecule has 0 saturated heterocycles. The maximum absolute atomic E-state index is 13.4. The summed E-state index contributed by atoms with van der Waals surface area (Å²) in [4.78, 5) is 16.9. The SMILES string of the molecule is C[C@H](Sc1ccncc1)C(=O)NCc1ccccc1F. The fraction of sp³-hybridized carbons (Fsp3) is 0.200. The lowest BCUT2D eigenvalue weighted by Gasteiger charge is -2.12. The van der Waals surface area contributed by atoms with Gasteiger partial charge in [0.05, 0.1) is 5.25 Å². The van der Waals surface area contributed by atoms with Crippen LogP contribution >= 0.6 is 11.8 Å². The Morgan fingerprint density at radius 2 is 2.00 bits per heavy atom. The summed E-state index contributed by atoms with van der Waals surface area (Å²) in [5.74, 6) is -0.419. The number of rotatable bonds is 5. The molecule has 104 valence electrons. The molecular weight excluding hydrogens is 275 g/mol. The van der Waals surface area contributed by atoms with E-state index in [1.807, 2.05) is 19.1 Å². The van der Waals surface area contributed by atoms with Crippen LogP contribution in [0.15, 0.2) is 53.7 Å². The number of carbonyl (C=O) groups excluding carboxylic acids is 1. The Kier molecular flexibility index (Phi) is 5.12. The van der Waals surface area contributed by atoms with E-state index in [4.69, 9.17) is 0 Å². The van der Waals surface area contributed by atoms with Crippen LogP contribution in [0.1, 0.15) is 12.5 Å². The average molecular weight is 290 g/mol. The summed E-state index contributed by atoms with van der Waals surface area (Å²) in [6.07, 6.45) is 3.37. The summed E-state index contributed by atoms with van der Waals surface area (Å²) in [6.45, 7) is 2.02. The van der Waals surface area contributed by atoms with Crippen molar-refractivity contribution in [3.8, 4) is 0 Å². The minimum atomic E-state index is -0.303. The van der Waals surface area contributed by atoms with Crippen LogP contribution in [0.4, 0.5) is 4.39 Å². The van der Waals surface area contributed by atoms with Crippen molar-refractivity contribution in [3.63, 3.8) is 0 Å². The summed E-state index contributed by atoms with van der Waals surface area (Å²) in [6, 6.07) is 10.1. The van der Waals surface area contributed by atoms with Gasteiger partial charge in [0, 0.05) is 29.4 Å². The number of pyridine rings is 1. The minimum Gasteiger partial charge on any atom is -0.351 e. The van der Waals surface area contributed by atoms with Crippen molar-refractivity contribution in [2.24, 2.45) is 0 Å². The van der Waals surface area contributed by atoms with Crippen LogP contribution in [-0.4, -0.2) is 16.1 Å². The van der Waals surface area contributed by atoms with Gasteiger partial charge < -0.3 is 5.32 Å². The molecule has 3 nitrogen and oxygen atoms in total. The highest BCUT2D eigenvalue weighted by Crippen LogP contribution is 2.22. The minimum absolute atomic E-state index is 0.116. The quantitative estimate of drug-likeness (QED) is 0.861. The van der Waals surface area contributed by atoms with E-state index in [1.165, 1.54) is 17.8 Å². The number of hydrogen-bond acceptors (Lipinski definition) is 3. The average Bonchev–Trinajstić information content (AvgIpc) is 2.47. The maximum Gasteiger partial charge on any atom is 0.233 e. The molecule has 2 aromatic rings. The van der Waals surface area contributed by atoms with Gasteiger partial charge in [-0.2, -0.15) is 0 Å². The predicted molar refractivity (Wildman–Crippen MR) is 77.8 cm³/mol. The van der Waals surface area contributed by atoms with Crippen molar-refractivity contribution in [1.29, 1.82) is 0 Å². The standard InChI is InChI=1S/C15H15FN2OS/c1-11(20-13-6-8-17-9-7-13)15(19)18-10-12-4-2-3-5-14(12)16/h2-9,11H,10H2,1H3,(H,18,19)/t11-/m0/s1. The van der Waals surface area contributed by atoms with Crippen molar-refractivity contribution in [1.82, 2.24) is 10.3 Å². The Morgan fingerprint density at radius 1 is 1.30 bits per heavy atom. The van der Waals surface area contributed by atoms with Crippen LogP contribution in [0.3, 0.4) is 0 Å². The van der Waals surface area contributed by atoms with Crippen LogP contribution in [0.25, 0.3) is 0 Å². The Balaban J connectivity index is 1.87. The zero-order chi connectivity index (χ0) is 14.4. The maximum atomic E-state index is 13.4. The highest BCUT2D eigenvalue weighted by atomic mass is 32.2. The first-order chi connectivity index (χ1) is 9.66. The lowest BCUT2D eigenvalue weighted by atomic mass is 10.2. The summed E-state index contributed by atoms with van der Waals surface area (Å²) >= 11 is 1.45. The molecule has 0 fully saturated rings. The van der Waals surface area contributed by atoms with E-state index in [1.54, 1.807) is 30.6 Å². The monoisotopic (exact) mass is 290 g/mol. The molecule has 1 amide bonds. The Bertz CT molecular complexity index is 577. The highest BCUT2D eigenvalue weighted by Gasteiger charge is 2.14. The van der Waals surface area contributed by atoms with Gasteiger partial charge in [-0.3, -0.25) is 9.78 Å². The smallest absolute Gasteiger partial charge is 0.233 e. The Morgan fingerprint density at radius 3 is 2.70 bits per heavy atom. The van der Waals surface area contributed by atoms with Crippen molar-refractivity contribution >= 4 is 17.7 Å². The normalized spacial score (nSPS) is 11.9. The fourth-order valence-corrected chi connectivity index (χ4v) is 2.52. The number of halogens is 1. The number of aromatic nitrogens is 1. The lowest BCUT2D eigenvalue weighted by Crippen LogP contribution is -2.30. The first kappa shape index (κ1) is 14.5. The molecule has 5 heteroatoms. The summed E-state index contributed by atoms with van der Waals surface area (Å²) in [5, 5.41) is 2.50. The number of thioether (sulfide) groups is 1. The molecule has 0 spiro atoms. The second-order valence-electron chi connectivity index (χ2n) is 4.25. The number of hydrogen-bond donors (Lipinski definition) is 1. The van der Waals surface area contributed by atoms with Crippen LogP contribution in [0.2, 0.25) is 0 Å². The van der Waals surface area contributed by atoms with E-state index >= 15 is 0 Å². The van der Waals surface area contributed by atoms with Gasteiger partial charge >= 0.3 is 0 Å². The number of amides is 1. The van der Waals surface area contributed by atoms with E-state index < -0.39 is 0 Å². The largest absolute Gasteiger partial charge is 0.351 e. The van der Waals surface area contributed by atoms with Gasteiger partial charge in [0.2, 0.25) is 5.91 Å². The van der Waals surface area contributed by atoms with Gasteiger partial charge in [0.15, 0.2) is 0 Å². The lowest BCUT2D eigenvalue weighted by molar-refractivity contribution is -0.120. The molecule has 1 aromatic carbocycles. The first-order valence-electron chi connectivity index (χ1n) is 6.24. The second-order valence-corrected chi connectivity index (χ2v) is 5.67. The van der Waals surface area contributed by atoms with Crippen molar-refractivity contribution in [2.75, 3.05) is 0 Å². The number of nitrogens with zero attached hydrogens (tertiary/aromatic N) is 1. The molecule has 0 unspecified atom stereocenters. The van der Waals surface area contributed by atoms with E-state index in [0.717, 1.165) is 4.90 Å². The van der Waals surface area contributed by atoms with Crippen LogP contribution in [0, 0.1) is 5.82 Å². The van der Waals surface area contributed by atoms with Gasteiger partial charge in [0.1, 0.15) is 5.82 Å². The van der Waals surface area contributed by atoms with Gasteiger partial charge in [0.25, 0.3) is 0 Å². The number of benzene rings is 1. The van der Waals surface area contributed by atoms with Crippen LogP contribution < -0.4 is 5.32 Å². The molecule has 1 aromatic heterocycles. The molecule has 2 rings (SSSR count). The van der Waals surface area contributed by atoms with Gasteiger partial charge in [-0.1, -0.05) is 18.2 Å². The third-order valence-electron chi connectivity index (χ3n) is 2.74. The molecule has 0 radical (unpaired) electrons. The molecule has 1 N–H and O–H groups in total. The predicted octanol–water partition coefficient (Wildman–Crippen LogP) is 3.02. The van der Waals surface area contributed by atoms with Crippen molar-refractivity contribution < 1.29 is 9.18 Å². The second kappa shape index (κ2) is 7.05. The van der Waals surface area contributed by atoms with E-state index in [0.29, 0.717) is 5.56 Å². The zero-order valence-electron chi connectivity index (χ0n) is 11.0. The van der Waals surface area contributed by atoms with E-state index in [-0.39, 0.29) is 23.5 Å². The number of nitrogens with one attached hydrogen (secondary N) is 1. The molecule has 0 aliphatic heterocycles. The molecular formula is C15H15FN2OS. The number of carbonyl (C=O) groups is 1. The van der Waals surface area contributed by atoms with Gasteiger partial charge in [-0.05, 0) is 25.1 Å². The van der Waals surface area contributed by atoms with Gasteiger partial charge in [-0.25, -0.2) is 4.39 Å². The molecule has 0 saturated carbocycles. The van der Waals surface area contributed by atoms with Crippen LogP contribution in [-0.2, 0) is 11.3 Å². The molecule has 0 aliphatic carbocycles. The molecule has 0 bridgehead atoms.